The van der Waals surface area contributed by atoms with Gasteiger partial charge in [0.15, 0.2) is 0 Å². The van der Waals surface area contributed by atoms with Gasteiger partial charge in [-0.25, -0.2) is 0 Å². The van der Waals surface area contributed by atoms with Crippen molar-refractivity contribution in [2.75, 3.05) is 0 Å². The van der Waals surface area contributed by atoms with Gasteiger partial charge in [0.2, 0.25) is 0 Å². The summed E-state index contributed by atoms with van der Waals surface area (Å²) in [4.78, 5) is 0. The van der Waals surface area contributed by atoms with Gasteiger partial charge in [0, 0.05) is 16.2 Å². The second-order valence-electron chi connectivity index (χ2n) is 4.61. The summed E-state index contributed by atoms with van der Waals surface area (Å²) in [5, 5.41) is 2.26. The van der Waals surface area contributed by atoms with E-state index in [2.05, 4.69) is 30.9 Å². The van der Waals surface area contributed by atoms with E-state index < -0.39 is 0 Å². The molecule has 0 radical (unpaired) electrons. The molecule has 0 bridgehead atoms. The minimum atomic E-state index is 0.884. The van der Waals surface area contributed by atoms with Crippen LogP contribution in [0.4, 0.5) is 0 Å². The Hall–Kier alpha value is -2.54. The van der Waals surface area contributed by atoms with E-state index in [1.807, 2.05) is 49.4 Å². The van der Waals surface area contributed by atoms with Crippen LogP contribution >= 0.6 is 0 Å². The Balaban J connectivity index is 2.49. The summed E-state index contributed by atoms with van der Waals surface area (Å²) < 4.78 is 6.06. The number of furan rings is 1. The molecular formula is C19H16O. The minimum Gasteiger partial charge on any atom is -0.455 e. The second kappa shape index (κ2) is 5.22. The maximum atomic E-state index is 6.06. The van der Waals surface area contributed by atoms with Gasteiger partial charge in [-0.2, -0.15) is 0 Å². The number of para-hydroxylation sites is 1. The van der Waals surface area contributed by atoms with Crippen LogP contribution in [-0.2, 0) is 0 Å². The number of benzene rings is 2. The summed E-state index contributed by atoms with van der Waals surface area (Å²) in [7, 11) is 0. The SMILES string of the molecule is C=C/C(c1ccccc1)=c1/oc2ccccc2/c1=C/C. The highest BCUT2D eigenvalue weighted by atomic mass is 16.3. The van der Waals surface area contributed by atoms with Gasteiger partial charge in [-0.1, -0.05) is 67.3 Å². The van der Waals surface area contributed by atoms with E-state index in [9.17, 15) is 0 Å². The van der Waals surface area contributed by atoms with E-state index in [1.54, 1.807) is 0 Å². The first kappa shape index (κ1) is 12.5. The van der Waals surface area contributed by atoms with Crippen LogP contribution in [-0.4, -0.2) is 0 Å². The van der Waals surface area contributed by atoms with Gasteiger partial charge in [-0.05, 0) is 18.6 Å². The lowest BCUT2D eigenvalue weighted by Crippen LogP contribution is -2.22. The standard InChI is InChI=1S/C19H16O/c1-3-15(14-10-6-5-7-11-14)19-16(4-2)17-12-8-9-13-18(17)20-19/h3-13H,1H2,2H3/b16-4-,19-15-. The Morgan fingerprint density at radius 1 is 1.00 bits per heavy atom. The Kier molecular flexibility index (Phi) is 3.26. The normalized spacial score (nSPS) is 13.6. The largest absolute Gasteiger partial charge is 0.455 e. The molecule has 0 aliphatic rings. The fourth-order valence-corrected chi connectivity index (χ4v) is 2.51. The van der Waals surface area contributed by atoms with Crippen molar-refractivity contribution in [3.05, 3.63) is 83.4 Å². The molecular weight excluding hydrogens is 244 g/mol. The van der Waals surface area contributed by atoms with Gasteiger partial charge in [-0.3, -0.25) is 0 Å². The Labute approximate surface area is 118 Å². The summed E-state index contributed by atoms with van der Waals surface area (Å²) in [6, 6.07) is 18.3. The quantitative estimate of drug-likeness (QED) is 0.686. The highest BCUT2D eigenvalue weighted by Gasteiger charge is 2.06. The number of fused-ring (bicyclic) bond motifs is 1. The van der Waals surface area contributed by atoms with Crippen LogP contribution in [0.2, 0.25) is 0 Å². The van der Waals surface area contributed by atoms with Gasteiger partial charge in [0.1, 0.15) is 11.0 Å². The van der Waals surface area contributed by atoms with Crippen LogP contribution in [0, 0.1) is 0 Å². The van der Waals surface area contributed by atoms with Crippen molar-refractivity contribution in [2.45, 2.75) is 6.92 Å². The van der Waals surface area contributed by atoms with Crippen molar-refractivity contribution < 1.29 is 4.42 Å². The van der Waals surface area contributed by atoms with Crippen LogP contribution in [0.5, 0.6) is 0 Å². The Morgan fingerprint density at radius 3 is 2.40 bits per heavy atom. The zero-order valence-corrected chi connectivity index (χ0v) is 11.5. The van der Waals surface area contributed by atoms with Gasteiger partial charge < -0.3 is 4.42 Å². The molecule has 3 aromatic rings. The summed E-state index contributed by atoms with van der Waals surface area (Å²) in [5.74, 6) is 0. The second-order valence-corrected chi connectivity index (χ2v) is 4.61. The third-order valence-corrected chi connectivity index (χ3v) is 3.46. The van der Waals surface area contributed by atoms with Gasteiger partial charge in [-0.15, -0.1) is 0 Å². The maximum Gasteiger partial charge on any atom is 0.142 e. The zero-order chi connectivity index (χ0) is 13.9. The monoisotopic (exact) mass is 260 g/mol. The maximum absolute atomic E-state index is 6.06. The molecule has 0 unspecified atom stereocenters. The minimum absolute atomic E-state index is 0.884. The van der Waals surface area contributed by atoms with Crippen molar-refractivity contribution in [2.24, 2.45) is 0 Å². The van der Waals surface area contributed by atoms with Crippen molar-refractivity contribution in [3.8, 4) is 0 Å². The molecule has 0 atom stereocenters. The molecule has 0 saturated carbocycles. The van der Waals surface area contributed by atoms with Crippen LogP contribution in [0.1, 0.15) is 12.5 Å². The highest BCUT2D eigenvalue weighted by Crippen LogP contribution is 2.13. The smallest absolute Gasteiger partial charge is 0.142 e. The van der Waals surface area contributed by atoms with Crippen molar-refractivity contribution in [1.82, 2.24) is 0 Å². The van der Waals surface area contributed by atoms with Crippen LogP contribution in [0.3, 0.4) is 0 Å². The zero-order valence-electron chi connectivity index (χ0n) is 11.5. The predicted octanol–water partition coefficient (Wildman–Crippen LogP) is 3.62. The summed E-state index contributed by atoms with van der Waals surface area (Å²) in [5.41, 5.74) is 3.93. The first-order valence-electron chi connectivity index (χ1n) is 6.71. The predicted molar refractivity (Wildman–Crippen MR) is 84.8 cm³/mol. The van der Waals surface area contributed by atoms with E-state index in [4.69, 9.17) is 4.42 Å². The molecule has 1 heterocycles. The molecule has 0 aliphatic carbocycles. The molecule has 0 N–H and O–H groups in total. The number of hydrogen-bond donors (Lipinski definition) is 0. The van der Waals surface area contributed by atoms with E-state index in [0.717, 1.165) is 32.7 Å². The lowest BCUT2D eigenvalue weighted by Gasteiger charge is -1.99. The van der Waals surface area contributed by atoms with Crippen LogP contribution in [0.15, 0.2) is 71.7 Å². The van der Waals surface area contributed by atoms with E-state index in [0.29, 0.717) is 0 Å². The Bertz CT molecular complexity index is 867. The molecule has 98 valence electrons. The van der Waals surface area contributed by atoms with Gasteiger partial charge >= 0.3 is 0 Å². The lowest BCUT2D eigenvalue weighted by atomic mass is 10.1. The van der Waals surface area contributed by atoms with E-state index >= 15 is 0 Å². The van der Waals surface area contributed by atoms with Crippen LogP contribution in [0.25, 0.3) is 22.6 Å². The molecule has 20 heavy (non-hydrogen) atoms. The molecule has 0 fully saturated rings. The Morgan fingerprint density at radius 2 is 1.70 bits per heavy atom. The average molecular weight is 260 g/mol. The molecule has 2 aromatic carbocycles. The summed E-state index contributed by atoms with van der Waals surface area (Å²) >= 11 is 0. The van der Waals surface area contributed by atoms with E-state index in [1.165, 1.54) is 0 Å². The average Bonchev–Trinajstić information content (AvgIpc) is 2.87. The first-order valence-corrected chi connectivity index (χ1v) is 6.71. The fourth-order valence-electron chi connectivity index (χ4n) is 2.51. The molecule has 0 saturated heterocycles. The highest BCUT2D eigenvalue weighted by molar-refractivity contribution is 5.81. The lowest BCUT2D eigenvalue weighted by molar-refractivity contribution is 0.573. The molecule has 1 heteroatoms. The van der Waals surface area contributed by atoms with Crippen molar-refractivity contribution in [3.63, 3.8) is 0 Å². The van der Waals surface area contributed by atoms with Gasteiger partial charge in [0.05, 0.1) is 0 Å². The molecule has 0 amide bonds. The third-order valence-electron chi connectivity index (χ3n) is 3.46. The van der Waals surface area contributed by atoms with E-state index in [-0.39, 0.29) is 0 Å². The topological polar surface area (TPSA) is 13.1 Å². The number of allylic oxidation sites excluding steroid dienone is 1. The number of hydrogen-bond acceptors (Lipinski definition) is 1. The third kappa shape index (κ3) is 1.97. The van der Waals surface area contributed by atoms with Crippen molar-refractivity contribution >= 4 is 22.6 Å². The first-order chi connectivity index (χ1) is 9.85. The van der Waals surface area contributed by atoms with Crippen molar-refractivity contribution in [1.29, 1.82) is 0 Å². The summed E-state index contributed by atoms with van der Waals surface area (Å²) in [6.45, 7) is 5.98. The molecule has 0 spiro atoms. The van der Waals surface area contributed by atoms with Crippen LogP contribution < -0.4 is 10.6 Å². The fraction of sp³-hybridized carbons (Fsp3) is 0.0526. The summed E-state index contributed by atoms with van der Waals surface area (Å²) in [6.07, 6.45) is 3.95. The molecule has 3 rings (SSSR count). The molecule has 1 aromatic heterocycles. The number of rotatable bonds is 2. The van der Waals surface area contributed by atoms with Gasteiger partial charge in [0.25, 0.3) is 0 Å². The molecule has 1 nitrogen and oxygen atoms in total. The molecule has 0 aliphatic heterocycles.